The van der Waals surface area contributed by atoms with Gasteiger partial charge in [-0.15, -0.1) is 0 Å². The molecule has 1 saturated heterocycles. The quantitative estimate of drug-likeness (QED) is 0.766. The van der Waals surface area contributed by atoms with E-state index in [0.717, 1.165) is 6.54 Å². The first-order chi connectivity index (χ1) is 6.81. The molecular weight excluding hydrogens is 174 g/mol. The number of hydrogen-bond acceptors (Lipinski definition) is 2. The molecule has 3 heteroatoms. The molecule has 14 heavy (non-hydrogen) atoms. The lowest BCUT2D eigenvalue weighted by molar-refractivity contribution is 0.210. The summed E-state index contributed by atoms with van der Waals surface area (Å²) in [5.41, 5.74) is 6.96. The number of piperidine rings is 1. The van der Waals surface area contributed by atoms with E-state index in [-0.39, 0.29) is 0 Å². The van der Waals surface area contributed by atoms with Crippen LogP contribution in [0.3, 0.4) is 0 Å². The van der Waals surface area contributed by atoms with E-state index in [9.17, 15) is 0 Å². The number of hydrogen-bond donors (Lipinski definition) is 1. The predicted octanol–water partition coefficient (Wildman–Crippen LogP) is 1.21. The molecule has 78 valence electrons. The molecule has 1 aromatic heterocycles. The Kier molecular flexibility index (Phi) is 2.89. The molecule has 1 aliphatic heterocycles. The van der Waals surface area contributed by atoms with Crippen LogP contribution in [0.1, 0.15) is 24.6 Å². The van der Waals surface area contributed by atoms with Crippen molar-refractivity contribution in [3.05, 3.63) is 24.0 Å². The van der Waals surface area contributed by atoms with Gasteiger partial charge in [0.15, 0.2) is 0 Å². The molecule has 1 aromatic rings. The van der Waals surface area contributed by atoms with Gasteiger partial charge in [0.1, 0.15) is 0 Å². The smallest absolute Gasteiger partial charge is 0.0461 e. The summed E-state index contributed by atoms with van der Waals surface area (Å²) in [5.74, 6) is 0. The lowest BCUT2D eigenvalue weighted by Gasteiger charge is -2.31. The van der Waals surface area contributed by atoms with Crippen molar-refractivity contribution < 1.29 is 0 Å². The van der Waals surface area contributed by atoms with Crippen LogP contribution >= 0.6 is 0 Å². The Labute approximate surface area is 85.5 Å². The summed E-state index contributed by atoms with van der Waals surface area (Å²) in [4.78, 5) is 2.40. The van der Waals surface area contributed by atoms with Crippen LogP contribution in [0.4, 0.5) is 0 Å². The van der Waals surface area contributed by atoms with Crippen molar-refractivity contribution in [3.63, 3.8) is 0 Å². The normalized spacial score (nSPS) is 24.0. The van der Waals surface area contributed by atoms with Gasteiger partial charge in [-0.25, -0.2) is 0 Å². The number of nitrogens with two attached hydrogens (primary N) is 1. The van der Waals surface area contributed by atoms with E-state index in [4.69, 9.17) is 5.73 Å². The second kappa shape index (κ2) is 4.15. The van der Waals surface area contributed by atoms with Gasteiger partial charge in [-0.3, -0.25) is 0 Å². The Hall–Kier alpha value is -0.800. The Morgan fingerprint density at radius 3 is 3.14 bits per heavy atom. The first-order valence-corrected chi connectivity index (χ1v) is 5.35. The van der Waals surface area contributed by atoms with Crippen LogP contribution in [0, 0.1) is 0 Å². The molecule has 0 amide bonds. The van der Waals surface area contributed by atoms with Crippen molar-refractivity contribution in [3.8, 4) is 0 Å². The number of likely N-dealkylation sites (N-methyl/N-ethyl adjacent to an activating group) is 1. The Morgan fingerprint density at radius 2 is 2.43 bits per heavy atom. The van der Waals surface area contributed by atoms with Crippen LogP contribution in [0.5, 0.6) is 0 Å². The lowest BCUT2D eigenvalue weighted by atomic mass is 10.1. The van der Waals surface area contributed by atoms with E-state index < -0.39 is 0 Å². The zero-order valence-electron chi connectivity index (χ0n) is 8.82. The highest BCUT2D eigenvalue weighted by Gasteiger charge is 2.19. The summed E-state index contributed by atoms with van der Waals surface area (Å²) in [5, 5.41) is 0. The van der Waals surface area contributed by atoms with Gasteiger partial charge in [0.25, 0.3) is 0 Å². The maximum atomic E-state index is 5.70. The summed E-state index contributed by atoms with van der Waals surface area (Å²) in [7, 11) is 2.19. The monoisotopic (exact) mass is 193 g/mol. The van der Waals surface area contributed by atoms with E-state index in [1.54, 1.807) is 0 Å². The molecule has 3 nitrogen and oxygen atoms in total. The molecule has 0 spiro atoms. The molecule has 1 aliphatic rings. The fourth-order valence-corrected chi connectivity index (χ4v) is 2.32. The molecule has 2 N–H and O–H groups in total. The van der Waals surface area contributed by atoms with Crippen molar-refractivity contribution in [2.45, 2.75) is 25.4 Å². The number of likely N-dealkylation sites (tertiary alicyclic amines) is 1. The molecule has 0 radical (unpaired) electrons. The maximum Gasteiger partial charge on any atom is 0.0461 e. The topological polar surface area (TPSA) is 34.2 Å². The molecule has 0 saturated carbocycles. The van der Waals surface area contributed by atoms with Crippen molar-refractivity contribution in [2.24, 2.45) is 5.73 Å². The van der Waals surface area contributed by atoms with Gasteiger partial charge in [0.05, 0.1) is 0 Å². The number of nitrogens with zero attached hydrogens (tertiary/aromatic N) is 2. The van der Waals surface area contributed by atoms with Crippen LogP contribution in [0.2, 0.25) is 0 Å². The minimum Gasteiger partial charge on any atom is -0.346 e. The minimum atomic E-state index is 0.627. The molecule has 1 fully saturated rings. The van der Waals surface area contributed by atoms with Gasteiger partial charge >= 0.3 is 0 Å². The number of aromatic nitrogens is 1. The zero-order chi connectivity index (χ0) is 9.97. The predicted molar refractivity (Wildman–Crippen MR) is 58.1 cm³/mol. The molecule has 0 bridgehead atoms. The van der Waals surface area contributed by atoms with E-state index in [2.05, 4.69) is 34.8 Å². The number of rotatable bonds is 2. The van der Waals surface area contributed by atoms with Crippen molar-refractivity contribution in [2.75, 3.05) is 20.1 Å². The summed E-state index contributed by atoms with van der Waals surface area (Å²) in [6, 6.07) is 4.84. The van der Waals surface area contributed by atoms with Crippen molar-refractivity contribution in [1.29, 1.82) is 0 Å². The standard InChI is InChI=1S/C11H19N3/c1-13-6-2-5-11(9-13)14-7-3-4-10(14)8-12/h3-4,7,11H,2,5-6,8-9,12H2,1H3. The van der Waals surface area contributed by atoms with E-state index in [1.165, 1.54) is 25.1 Å². The minimum absolute atomic E-state index is 0.627. The summed E-state index contributed by atoms with van der Waals surface area (Å²) in [6.45, 7) is 3.03. The SMILES string of the molecule is CN1CCCC(n2cccc2CN)C1. The molecular formula is C11H19N3. The highest BCUT2D eigenvalue weighted by atomic mass is 15.2. The maximum absolute atomic E-state index is 5.70. The average molecular weight is 193 g/mol. The van der Waals surface area contributed by atoms with Crippen LogP contribution in [0.15, 0.2) is 18.3 Å². The summed E-state index contributed by atoms with van der Waals surface area (Å²) >= 11 is 0. The molecule has 2 rings (SSSR count). The molecule has 0 aliphatic carbocycles. The third-order valence-electron chi connectivity index (χ3n) is 3.07. The van der Waals surface area contributed by atoms with Gasteiger partial charge in [0, 0.05) is 31.0 Å². The summed E-state index contributed by atoms with van der Waals surface area (Å²) < 4.78 is 2.34. The Balaban J connectivity index is 2.13. The molecule has 2 heterocycles. The van der Waals surface area contributed by atoms with Gasteiger partial charge in [0.2, 0.25) is 0 Å². The highest BCUT2D eigenvalue weighted by Crippen LogP contribution is 2.22. The third-order valence-corrected chi connectivity index (χ3v) is 3.07. The fraction of sp³-hybridized carbons (Fsp3) is 0.636. The Bertz CT molecular complexity index is 292. The first kappa shape index (κ1) is 9.74. The second-order valence-electron chi connectivity index (χ2n) is 4.17. The van der Waals surface area contributed by atoms with Crippen LogP contribution < -0.4 is 5.73 Å². The Morgan fingerprint density at radius 1 is 1.57 bits per heavy atom. The van der Waals surface area contributed by atoms with Crippen LogP contribution in [0.25, 0.3) is 0 Å². The van der Waals surface area contributed by atoms with E-state index in [0.29, 0.717) is 12.6 Å². The zero-order valence-corrected chi connectivity index (χ0v) is 8.82. The van der Waals surface area contributed by atoms with Gasteiger partial charge in [-0.05, 0) is 38.6 Å². The van der Waals surface area contributed by atoms with Crippen molar-refractivity contribution in [1.82, 2.24) is 9.47 Å². The van der Waals surface area contributed by atoms with Gasteiger partial charge in [-0.1, -0.05) is 0 Å². The lowest BCUT2D eigenvalue weighted by Crippen LogP contribution is -2.34. The van der Waals surface area contributed by atoms with Gasteiger partial charge < -0.3 is 15.2 Å². The average Bonchev–Trinajstić information content (AvgIpc) is 2.65. The van der Waals surface area contributed by atoms with Gasteiger partial charge in [-0.2, -0.15) is 0 Å². The molecule has 0 aromatic carbocycles. The van der Waals surface area contributed by atoms with Crippen molar-refractivity contribution >= 4 is 0 Å². The molecule has 1 atom stereocenters. The first-order valence-electron chi connectivity index (χ1n) is 5.35. The summed E-state index contributed by atoms with van der Waals surface area (Å²) in [6.07, 6.45) is 4.74. The van der Waals surface area contributed by atoms with E-state index in [1.807, 2.05) is 0 Å². The van der Waals surface area contributed by atoms with Crippen LogP contribution in [-0.2, 0) is 6.54 Å². The second-order valence-corrected chi connectivity index (χ2v) is 4.17. The highest BCUT2D eigenvalue weighted by molar-refractivity contribution is 5.08. The van der Waals surface area contributed by atoms with Crippen LogP contribution in [-0.4, -0.2) is 29.6 Å². The molecule has 1 unspecified atom stereocenters. The third kappa shape index (κ3) is 1.83. The largest absolute Gasteiger partial charge is 0.346 e. The van der Waals surface area contributed by atoms with E-state index >= 15 is 0 Å². The fourth-order valence-electron chi connectivity index (χ4n) is 2.32.